The Morgan fingerprint density at radius 1 is 0.893 bits per heavy atom. The van der Waals surface area contributed by atoms with Gasteiger partial charge in [-0.25, -0.2) is 0 Å². The molecule has 0 aliphatic heterocycles. The third kappa shape index (κ3) is 4.94. The van der Waals surface area contributed by atoms with Crippen LogP contribution in [0.15, 0.2) is 73.1 Å². The summed E-state index contributed by atoms with van der Waals surface area (Å²) in [6.07, 6.45) is 3.38. The van der Waals surface area contributed by atoms with E-state index < -0.39 is 0 Å². The Hall–Kier alpha value is -3.67. The second kappa shape index (κ2) is 9.32. The molecule has 0 radical (unpaired) electrons. The average molecular weight is 375 g/mol. The average Bonchev–Trinajstić information content (AvgIpc) is 2.76. The molecule has 0 saturated carbocycles. The van der Waals surface area contributed by atoms with Crippen LogP contribution in [0.4, 0.5) is 0 Å². The number of pyridine rings is 1. The van der Waals surface area contributed by atoms with Gasteiger partial charge in [0.25, 0.3) is 11.8 Å². The number of nitrogens with one attached hydrogen (secondary N) is 2. The first-order valence-corrected chi connectivity index (χ1v) is 8.84. The Kier molecular flexibility index (Phi) is 6.36. The zero-order valence-electron chi connectivity index (χ0n) is 15.5. The quantitative estimate of drug-likeness (QED) is 0.665. The Morgan fingerprint density at radius 2 is 1.61 bits per heavy atom. The number of carbonyl (C=O) groups is 2. The second-order valence-electron chi connectivity index (χ2n) is 6.12. The fourth-order valence-electron chi connectivity index (χ4n) is 2.72. The number of amides is 2. The molecule has 0 atom stereocenters. The van der Waals surface area contributed by atoms with Gasteiger partial charge in [-0.3, -0.25) is 14.6 Å². The van der Waals surface area contributed by atoms with Crippen LogP contribution < -0.4 is 15.4 Å². The number of ether oxygens (including phenoxy) is 1. The number of hydrogen-bond donors (Lipinski definition) is 2. The molecule has 3 aromatic rings. The van der Waals surface area contributed by atoms with Crippen molar-refractivity contribution in [1.82, 2.24) is 15.6 Å². The summed E-state index contributed by atoms with van der Waals surface area (Å²) >= 11 is 0. The summed E-state index contributed by atoms with van der Waals surface area (Å²) in [4.78, 5) is 28.9. The lowest BCUT2D eigenvalue weighted by atomic mass is 10.1. The summed E-state index contributed by atoms with van der Waals surface area (Å²) in [5, 5.41) is 5.68. The van der Waals surface area contributed by atoms with Crippen molar-refractivity contribution in [3.63, 3.8) is 0 Å². The lowest BCUT2D eigenvalue weighted by Crippen LogP contribution is -2.25. The van der Waals surface area contributed by atoms with E-state index in [2.05, 4.69) is 15.6 Å². The van der Waals surface area contributed by atoms with Gasteiger partial charge in [0.1, 0.15) is 5.75 Å². The number of para-hydroxylation sites is 1. The highest BCUT2D eigenvalue weighted by atomic mass is 16.5. The number of hydrogen-bond acceptors (Lipinski definition) is 4. The van der Waals surface area contributed by atoms with Crippen LogP contribution in [0, 0.1) is 0 Å². The zero-order chi connectivity index (χ0) is 19.8. The Labute approximate surface area is 163 Å². The second-order valence-corrected chi connectivity index (χ2v) is 6.12. The van der Waals surface area contributed by atoms with Crippen molar-refractivity contribution in [3.05, 3.63) is 95.3 Å². The van der Waals surface area contributed by atoms with Crippen LogP contribution in [0.1, 0.15) is 31.8 Å². The highest BCUT2D eigenvalue weighted by molar-refractivity contribution is 5.99. The first kappa shape index (κ1) is 19.1. The van der Waals surface area contributed by atoms with Gasteiger partial charge in [0.15, 0.2) is 0 Å². The summed E-state index contributed by atoms with van der Waals surface area (Å²) in [6.45, 7) is 0.706. The van der Waals surface area contributed by atoms with Crippen LogP contribution in [0.3, 0.4) is 0 Å². The molecular weight excluding hydrogens is 354 g/mol. The molecule has 0 unspecified atom stereocenters. The van der Waals surface area contributed by atoms with Gasteiger partial charge in [-0.2, -0.15) is 0 Å². The lowest BCUT2D eigenvalue weighted by Gasteiger charge is -2.10. The molecule has 3 rings (SSSR count). The van der Waals surface area contributed by atoms with E-state index in [9.17, 15) is 9.59 Å². The maximum Gasteiger partial charge on any atom is 0.251 e. The molecule has 6 nitrogen and oxygen atoms in total. The van der Waals surface area contributed by atoms with Gasteiger partial charge in [0.2, 0.25) is 0 Å². The summed E-state index contributed by atoms with van der Waals surface area (Å²) in [7, 11) is 1.59. The molecule has 1 aromatic heterocycles. The van der Waals surface area contributed by atoms with E-state index in [0.717, 1.165) is 11.1 Å². The lowest BCUT2D eigenvalue weighted by molar-refractivity contribution is 0.0950. The van der Waals surface area contributed by atoms with Gasteiger partial charge in [-0.15, -0.1) is 0 Å². The number of nitrogens with zero attached hydrogens (tertiary/aromatic N) is 1. The molecule has 0 aliphatic rings. The number of rotatable bonds is 7. The van der Waals surface area contributed by atoms with E-state index in [0.29, 0.717) is 30.0 Å². The van der Waals surface area contributed by atoms with Crippen LogP contribution >= 0.6 is 0 Å². The predicted molar refractivity (Wildman–Crippen MR) is 106 cm³/mol. The van der Waals surface area contributed by atoms with Crippen LogP contribution in [0.5, 0.6) is 5.75 Å². The van der Waals surface area contributed by atoms with Gasteiger partial charge in [-0.05, 0) is 35.9 Å². The molecule has 0 saturated heterocycles. The number of benzene rings is 2. The van der Waals surface area contributed by atoms with Crippen molar-refractivity contribution < 1.29 is 14.3 Å². The molecule has 28 heavy (non-hydrogen) atoms. The molecule has 6 heteroatoms. The minimum absolute atomic E-state index is 0.247. The van der Waals surface area contributed by atoms with E-state index in [1.54, 1.807) is 43.8 Å². The highest BCUT2D eigenvalue weighted by Gasteiger charge is 2.11. The highest BCUT2D eigenvalue weighted by Crippen LogP contribution is 2.17. The van der Waals surface area contributed by atoms with Gasteiger partial charge >= 0.3 is 0 Å². The van der Waals surface area contributed by atoms with Crippen molar-refractivity contribution >= 4 is 11.8 Å². The van der Waals surface area contributed by atoms with E-state index in [1.165, 1.54) is 0 Å². The molecule has 1 heterocycles. The predicted octanol–water partition coefficient (Wildman–Crippen LogP) is 2.95. The van der Waals surface area contributed by atoms with Crippen LogP contribution in [-0.2, 0) is 13.1 Å². The van der Waals surface area contributed by atoms with Gasteiger partial charge in [0, 0.05) is 42.2 Å². The third-order valence-corrected chi connectivity index (χ3v) is 4.19. The molecule has 0 aliphatic carbocycles. The summed E-state index contributed by atoms with van der Waals surface area (Å²) in [6, 6.07) is 17.8. The first-order valence-electron chi connectivity index (χ1n) is 8.84. The molecule has 2 N–H and O–H groups in total. The molecule has 0 fully saturated rings. The number of aromatic nitrogens is 1. The largest absolute Gasteiger partial charge is 0.496 e. The topological polar surface area (TPSA) is 80.3 Å². The van der Waals surface area contributed by atoms with Crippen LogP contribution in [0.2, 0.25) is 0 Å². The Balaban J connectivity index is 1.61. The first-order chi connectivity index (χ1) is 13.7. The Bertz CT molecular complexity index is 958. The van der Waals surface area contributed by atoms with Crippen molar-refractivity contribution in [2.24, 2.45) is 0 Å². The summed E-state index contributed by atoms with van der Waals surface area (Å²) in [5.74, 6) is 0.211. The summed E-state index contributed by atoms with van der Waals surface area (Å²) < 4.78 is 5.29. The van der Waals surface area contributed by atoms with Gasteiger partial charge in [0.05, 0.1) is 7.11 Å². The monoisotopic (exact) mass is 375 g/mol. The van der Waals surface area contributed by atoms with Crippen molar-refractivity contribution in [1.29, 1.82) is 0 Å². The van der Waals surface area contributed by atoms with Crippen molar-refractivity contribution in [2.45, 2.75) is 13.1 Å². The fraction of sp³-hybridized carbons (Fsp3) is 0.136. The fourth-order valence-corrected chi connectivity index (χ4v) is 2.72. The molecular formula is C22H21N3O3. The molecule has 0 spiro atoms. The molecule has 142 valence electrons. The number of carbonyl (C=O) groups excluding carboxylic acids is 2. The minimum Gasteiger partial charge on any atom is -0.496 e. The normalized spacial score (nSPS) is 10.2. The van der Waals surface area contributed by atoms with Gasteiger partial charge < -0.3 is 15.4 Å². The van der Waals surface area contributed by atoms with Crippen molar-refractivity contribution in [3.8, 4) is 5.75 Å². The van der Waals surface area contributed by atoms with Gasteiger partial charge in [-0.1, -0.05) is 30.3 Å². The third-order valence-electron chi connectivity index (χ3n) is 4.19. The maximum absolute atomic E-state index is 12.5. The Morgan fingerprint density at radius 3 is 2.29 bits per heavy atom. The zero-order valence-corrected chi connectivity index (χ0v) is 15.5. The number of methoxy groups -OCH3 is 1. The minimum atomic E-state index is -0.257. The molecule has 2 aromatic carbocycles. The van der Waals surface area contributed by atoms with Crippen LogP contribution in [0.25, 0.3) is 0 Å². The smallest absolute Gasteiger partial charge is 0.251 e. The van der Waals surface area contributed by atoms with Crippen molar-refractivity contribution in [2.75, 3.05) is 7.11 Å². The maximum atomic E-state index is 12.5. The van der Waals surface area contributed by atoms with E-state index >= 15 is 0 Å². The molecule has 2 amide bonds. The summed E-state index contributed by atoms with van der Waals surface area (Å²) in [5.41, 5.74) is 2.63. The van der Waals surface area contributed by atoms with Crippen LogP contribution in [-0.4, -0.2) is 23.9 Å². The van der Waals surface area contributed by atoms with E-state index in [4.69, 9.17) is 4.74 Å². The van der Waals surface area contributed by atoms with E-state index in [1.807, 2.05) is 36.4 Å². The SMILES string of the molecule is COc1ccccc1CNC(=O)c1cccc(C(=O)NCc2cccnc2)c1. The molecule has 0 bridgehead atoms. The standard InChI is InChI=1S/C22H21N3O3/c1-28-20-10-3-2-7-19(20)15-25-22(27)18-9-4-8-17(12-18)21(26)24-14-16-6-5-11-23-13-16/h2-13H,14-15H2,1H3,(H,24,26)(H,25,27). The van der Waals surface area contributed by atoms with E-state index in [-0.39, 0.29) is 11.8 Å².